The molecule has 0 aliphatic rings. The van der Waals surface area contributed by atoms with Crippen LogP contribution >= 0.6 is 0 Å². The van der Waals surface area contributed by atoms with E-state index in [1.54, 1.807) is 18.2 Å². The molecule has 0 saturated carbocycles. The lowest BCUT2D eigenvalue weighted by Gasteiger charge is -2.13. The van der Waals surface area contributed by atoms with Gasteiger partial charge in [0.25, 0.3) is 10.1 Å². The van der Waals surface area contributed by atoms with Crippen molar-refractivity contribution in [2.45, 2.75) is 19.8 Å². The summed E-state index contributed by atoms with van der Waals surface area (Å²) in [6.45, 7) is 0.716. The number of rotatable bonds is 9. The zero-order chi connectivity index (χ0) is 19.8. The first-order valence-corrected chi connectivity index (χ1v) is 10.6. The second-order valence-corrected chi connectivity index (χ2v) is 7.97. The fourth-order valence-corrected chi connectivity index (χ4v) is 2.89. The van der Waals surface area contributed by atoms with Crippen LogP contribution in [-0.4, -0.2) is 14.7 Å². The molecule has 0 saturated heterocycles. The van der Waals surface area contributed by atoms with Gasteiger partial charge in [0.05, 0.1) is 12.9 Å². The minimum Gasteiger partial charge on any atom is -0.489 e. The molecule has 0 spiro atoms. The SMILES string of the molecule is CS(=O)(=O)OCc1cc(OCc2ccccc2)cc(OCc2ccccc2)c1. The number of hydrogen-bond acceptors (Lipinski definition) is 5. The van der Waals surface area contributed by atoms with Gasteiger partial charge in [-0.1, -0.05) is 60.7 Å². The third kappa shape index (κ3) is 6.72. The Kier molecular flexibility index (Phi) is 6.68. The van der Waals surface area contributed by atoms with Gasteiger partial charge < -0.3 is 9.47 Å². The summed E-state index contributed by atoms with van der Waals surface area (Å²) < 4.78 is 39.3. The van der Waals surface area contributed by atoms with E-state index >= 15 is 0 Å². The van der Waals surface area contributed by atoms with Crippen molar-refractivity contribution >= 4 is 10.1 Å². The topological polar surface area (TPSA) is 61.8 Å². The maximum Gasteiger partial charge on any atom is 0.264 e. The molecule has 0 amide bonds. The van der Waals surface area contributed by atoms with Crippen molar-refractivity contribution in [2.75, 3.05) is 6.26 Å². The molecule has 28 heavy (non-hydrogen) atoms. The van der Waals surface area contributed by atoms with Gasteiger partial charge in [0.2, 0.25) is 0 Å². The molecule has 0 unspecified atom stereocenters. The third-order valence-corrected chi connectivity index (χ3v) is 4.42. The highest BCUT2D eigenvalue weighted by atomic mass is 32.2. The molecule has 0 aliphatic heterocycles. The molecular formula is C22H22O5S. The Morgan fingerprint density at radius 3 is 1.54 bits per heavy atom. The van der Waals surface area contributed by atoms with Gasteiger partial charge in [0.15, 0.2) is 0 Å². The van der Waals surface area contributed by atoms with E-state index < -0.39 is 10.1 Å². The van der Waals surface area contributed by atoms with E-state index in [0.29, 0.717) is 30.3 Å². The molecule has 0 heterocycles. The molecule has 0 atom stereocenters. The van der Waals surface area contributed by atoms with E-state index in [9.17, 15) is 8.42 Å². The minimum atomic E-state index is -3.54. The van der Waals surface area contributed by atoms with Crippen LogP contribution in [0, 0.1) is 0 Å². The minimum absolute atomic E-state index is 0.0803. The second-order valence-electron chi connectivity index (χ2n) is 6.33. The molecule has 0 aromatic heterocycles. The van der Waals surface area contributed by atoms with Crippen LogP contribution in [0.4, 0.5) is 0 Å². The Hall–Kier alpha value is -2.83. The van der Waals surface area contributed by atoms with Crippen LogP contribution in [0.25, 0.3) is 0 Å². The van der Waals surface area contributed by atoms with Gasteiger partial charge in [-0.2, -0.15) is 8.42 Å². The van der Waals surface area contributed by atoms with E-state index in [4.69, 9.17) is 13.7 Å². The van der Waals surface area contributed by atoms with Crippen LogP contribution in [0.3, 0.4) is 0 Å². The Morgan fingerprint density at radius 1 is 0.643 bits per heavy atom. The molecule has 3 rings (SSSR count). The predicted octanol–water partition coefficient (Wildman–Crippen LogP) is 4.32. The van der Waals surface area contributed by atoms with E-state index in [1.807, 2.05) is 60.7 Å². The fourth-order valence-electron chi connectivity index (χ4n) is 2.54. The second kappa shape index (κ2) is 9.39. The maximum atomic E-state index is 11.3. The van der Waals surface area contributed by atoms with Gasteiger partial charge in [0, 0.05) is 6.07 Å². The highest BCUT2D eigenvalue weighted by Crippen LogP contribution is 2.25. The summed E-state index contributed by atoms with van der Waals surface area (Å²) in [4.78, 5) is 0. The molecule has 3 aromatic rings. The van der Waals surface area contributed by atoms with Gasteiger partial charge in [-0.25, -0.2) is 0 Å². The number of ether oxygens (including phenoxy) is 2. The quantitative estimate of drug-likeness (QED) is 0.502. The van der Waals surface area contributed by atoms with Crippen molar-refractivity contribution in [3.05, 3.63) is 95.6 Å². The van der Waals surface area contributed by atoms with Gasteiger partial charge in [-0.15, -0.1) is 0 Å². The van der Waals surface area contributed by atoms with Crippen LogP contribution in [0.5, 0.6) is 11.5 Å². The number of benzene rings is 3. The van der Waals surface area contributed by atoms with Crippen molar-refractivity contribution in [3.8, 4) is 11.5 Å². The molecule has 3 aromatic carbocycles. The first kappa shape index (κ1) is 19.9. The predicted molar refractivity (Wildman–Crippen MR) is 108 cm³/mol. The summed E-state index contributed by atoms with van der Waals surface area (Å²) in [5.74, 6) is 1.17. The summed E-state index contributed by atoms with van der Waals surface area (Å²) >= 11 is 0. The zero-order valence-electron chi connectivity index (χ0n) is 15.6. The largest absolute Gasteiger partial charge is 0.489 e. The Labute approximate surface area is 165 Å². The molecule has 0 N–H and O–H groups in total. The standard InChI is InChI=1S/C22H22O5S/c1-28(23,24)27-17-20-12-21(25-15-18-8-4-2-5-9-18)14-22(13-20)26-16-19-10-6-3-7-11-19/h2-14H,15-17H2,1H3. The molecule has 146 valence electrons. The molecule has 5 nitrogen and oxygen atoms in total. The first-order valence-electron chi connectivity index (χ1n) is 8.80. The fraction of sp³-hybridized carbons (Fsp3) is 0.182. The van der Waals surface area contributed by atoms with Crippen LogP contribution in [0.2, 0.25) is 0 Å². The van der Waals surface area contributed by atoms with Gasteiger partial charge in [0.1, 0.15) is 24.7 Å². The lowest BCUT2D eigenvalue weighted by atomic mass is 10.2. The molecule has 0 bridgehead atoms. The van der Waals surface area contributed by atoms with Crippen LogP contribution < -0.4 is 9.47 Å². The van der Waals surface area contributed by atoms with Crippen LogP contribution in [-0.2, 0) is 34.1 Å². The smallest absolute Gasteiger partial charge is 0.264 e. The van der Waals surface area contributed by atoms with E-state index in [2.05, 4.69) is 0 Å². The van der Waals surface area contributed by atoms with Gasteiger partial charge in [-0.05, 0) is 28.8 Å². The normalized spacial score (nSPS) is 11.2. The Balaban J connectivity index is 1.74. The number of hydrogen-bond donors (Lipinski definition) is 0. The first-order chi connectivity index (χ1) is 13.5. The maximum absolute atomic E-state index is 11.3. The molecule has 0 aliphatic carbocycles. The summed E-state index contributed by atoms with van der Waals surface area (Å²) in [6, 6.07) is 24.9. The summed E-state index contributed by atoms with van der Waals surface area (Å²) in [6.07, 6.45) is 1.02. The van der Waals surface area contributed by atoms with Gasteiger partial charge >= 0.3 is 0 Å². The monoisotopic (exact) mass is 398 g/mol. The highest BCUT2D eigenvalue weighted by molar-refractivity contribution is 7.85. The summed E-state index contributed by atoms with van der Waals surface area (Å²) in [5.41, 5.74) is 2.72. The molecule has 0 radical (unpaired) electrons. The average molecular weight is 398 g/mol. The van der Waals surface area contributed by atoms with Crippen LogP contribution in [0.1, 0.15) is 16.7 Å². The van der Waals surface area contributed by atoms with Crippen LogP contribution in [0.15, 0.2) is 78.9 Å². The zero-order valence-corrected chi connectivity index (χ0v) is 16.4. The van der Waals surface area contributed by atoms with E-state index in [-0.39, 0.29) is 6.61 Å². The average Bonchev–Trinajstić information content (AvgIpc) is 2.70. The molecule has 6 heteroatoms. The van der Waals surface area contributed by atoms with Crippen molar-refractivity contribution in [2.24, 2.45) is 0 Å². The Bertz CT molecular complexity index is 924. The van der Waals surface area contributed by atoms with Crippen molar-refractivity contribution in [3.63, 3.8) is 0 Å². The van der Waals surface area contributed by atoms with Gasteiger partial charge in [-0.3, -0.25) is 4.18 Å². The summed E-state index contributed by atoms with van der Waals surface area (Å²) in [5, 5.41) is 0. The van der Waals surface area contributed by atoms with E-state index in [1.165, 1.54) is 0 Å². The van der Waals surface area contributed by atoms with E-state index in [0.717, 1.165) is 17.4 Å². The lowest BCUT2D eigenvalue weighted by molar-refractivity contribution is 0.283. The van der Waals surface area contributed by atoms with Crippen molar-refractivity contribution in [1.29, 1.82) is 0 Å². The third-order valence-electron chi connectivity index (χ3n) is 3.88. The summed E-state index contributed by atoms with van der Waals surface area (Å²) in [7, 11) is -3.54. The molecule has 0 fully saturated rings. The lowest BCUT2D eigenvalue weighted by Crippen LogP contribution is -2.04. The molecular weight excluding hydrogens is 376 g/mol. The Morgan fingerprint density at radius 2 is 1.11 bits per heavy atom. The van der Waals surface area contributed by atoms with Crippen molar-refractivity contribution < 1.29 is 22.1 Å². The highest BCUT2D eigenvalue weighted by Gasteiger charge is 2.08. The van der Waals surface area contributed by atoms with Crippen molar-refractivity contribution in [1.82, 2.24) is 0 Å².